The monoisotopic (exact) mass is 353 g/mol. The van der Waals surface area contributed by atoms with Crippen molar-refractivity contribution >= 4 is 37.4 Å². The van der Waals surface area contributed by atoms with Crippen LogP contribution < -0.4 is 0 Å². The quantitative estimate of drug-likeness (QED) is 0.561. The number of carbonyl (C=O) groups is 1. The predicted octanol–water partition coefficient (Wildman–Crippen LogP) is 3.63. The number of aromatic nitrogens is 1. The van der Waals surface area contributed by atoms with Crippen molar-refractivity contribution in [2.24, 2.45) is 0 Å². The Bertz CT molecular complexity index is 810. The second kappa shape index (κ2) is 7.23. The second-order valence-corrected chi connectivity index (χ2v) is 8.10. The highest BCUT2D eigenvalue weighted by Crippen LogP contribution is 2.32. The molecule has 5 nitrogen and oxygen atoms in total. The van der Waals surface area contributed by atoms with Gasteiger partial charge in [-0.05, 0) is 24.1 Å². The van der Waals surface area contributed by atoms with E-state index < -0.39 is 26.5 Å². The summed E-state index contributed by atoms with van der Waals surface area (Å²) in [5.74, 6) is -0.527. The van der Waals surface area contributed by atoms with E-state index in [9.17, 15) is 13.2 Å². The molecule has 1 heterocycles. The van der Waals surface area contributed by atoms with E-state index in [2.05, 4.69) is 11.6 Å². The first-order valence-electron chi connectivity index (χ1n) is 7.31. The van der Waals surface area contributed by atoms with Gasteiger partial charge in [0.25, 0.3) is 0 Å². The van der Waals surface area contributed by atoms with Crippen LogP contribution in [0.25, 0.3) is 10.2 Å². The summed E-state index contributed by atoms with van der Waals surface area (Å²) in [6.45, 7) is 6.96. The van der Waals surface area contributed by atoms with Gasteiger partial charge in [-0.15, -0.1) is 17.9 Å². The smallest absolute Gasteiger partial charge is 0.306 e. The van der Waals surface area contributed by atoms with Crippen molar-refractivity contribution in [1.82, 2.24) is 4.98 Å². The first-order chi connectivity index (χ1) is 10.9. The van der Waals surface area contributed by atoms with E-state index in [1.54, 1.807) is 37.6 Å². The van der Waals surface area contributed by atoms with Crippen LogP contribution in [0.4, 0.5) is 0 Å². The van der Waals surface area contributed by atoms with Gasteiger partial charge in [0.05, 0.1) is 15.7 Å². The summed E-state index contributed by atoms with van der Waals surface area (Å²) in [5.41, 5.74) is 1.96. The van der Waals surface area contributed by atoms with Gasteiger partial charge >= 0.3 is 5.97 Å². The number of thiazole rings is 1. The van der Waals surface area contributed by atoms with Gasteiger partial charge in [-0.25, -0.2) is 13.4 Å². The SMILES string of the molecule is C=CC(c1ccc2ncsc2c1)S(=O)(=O)C(CC)OC(=O)CC. The van der Waals surface area contributed by atoms with E-state index >= 15 is 0 Å². The number of benzene rings is 1. The van der Waals surface area contributed by atoms with Crippen molar-refractivity contribution in [2.75, 3.05) is 0 Å². The number of ether oxygens (including phenoxy) is 1. The summed E-state index contributed by atoms with van der Waals surface area (Å²) >= 11 is 1.44. The zero-order chi connectivity index (χ0) is 17.0. The zero-order valence-electron chi connectivity index (χ0n) is 13.1. The maximum absolute atomic E-state index is 12.9. The molecule has 0 fully saturated rings. The van der Waals surface area contributed by atoms with Crippen molar-refractivity contribution in [2.45, 2.75) is 37.4 Å². The van der Waals surface area contributed by atoms with Crippen LogP contribution in [-0.4, -0.2) is 24.8 Å². The van der Waals surface area contributed by atoms with E-state index in [0.717, 1.165) is 10.2 Å². The normalized spacial score (nSPS) is 14.3. The summed E-state index contributed by atoms with van der Waals surface area (Å²) in [5, 5.41) is -0.927. The molecule has 1 aromatic carbocycles. The molecular formula is C16H19NO4S2. The lowest BCUT2D eigenvalue weighted by atomic mass is 10.1. The fraction of sp³-hybridized carbons (Fsp3) is 0.375. The number of esters is 1. The van der Waals surface area contributed by atoms with E-state index in [-0.39, 0.29) is 12.8 Å². The number of carbonyl (C=O) groups excluding carboxylic acids is 1. The van der Waals surface area contributed by atoms with Crippen LogP contribution in [0, 0.1) is 0 Å². The van der Waals surface area contributed by atoms with Gasteiger partial charge in [-0.1, -0.05) is 26.0 Å². The number of rotatable bonds is 7. The molecule has 23 heavy (non-hydrogen) atoms. The van der Waals surface area contributed by atoms with Crippen LogP contribution in [0.3, 0.4) is 0 Å². The number of hydrogen-bond acceptors (Lipinski definition) is 6. The van der Waals surface area contributed by atoms with Crippen molar-refractivity contribution in [3.8, 4) is 0 Å². The van der Waals surface area contributed by atoms with Gasteiger partial charge in [-0.3, -0.25) is 4.79 Å². The van der Waals surface area contributed by atoms with Crippen LogP contribution >= 0.6 is 11.3 Å². The van der Waals surface area contributed by atoms with E-state index in [0.29, 0.717) is 5.56 Å². The van der Waals surface area contributed by atoms with E-state index in [1.807, 2.05) is 0 Å². The molecule has 0 aliphatic carbocycles. The summed E-state index contributed by atoms with van der Waals surface area (Å²) in [6, 6.07) is 5.30. The Kier molecular flexibility index (Phi) is 5.54. The van der Waals surface area contributed by atoms with Gasteiger partial charge in [0.15, 0.2) is 9.84 Å². The fourth-order valence-electron chi connectivity index (χ4n) is 2.28. The molecule has 0 aliphatic heterocycles. The molecule has 2 rings (SSSR count). The lowest BCUT2D eigenvalue weighted by Gasteiger charge is -2.22. The zero-order valence-corrected chi connectivity index (χ0v) is 14.7. The Balaban J connectivity index is 2.40. The van der Waals surface area contributed by atoms with Crippen LogP contribution in [0.15, 0.2) is 36.4 Å². The Labute approximate surface area is 139 Å². The molecule has 7 heteroatoms. The lowest BCUT2D eigenvalue weighted by molar-refractivity contribution is -0.145. The third kappa shape index (κ3) is 3.61. The molecule has 2 aromatic rings. The molecule has 0 saturated carbocycles. The number of fused-ring (bicyclic) bond motifs is 1. The Morgan fingerprint density at radius 3 is 2.78 bits per heavy atom. The lowest BCUT2D eigenvalue weighted by Crippen LogP contribution is -2.30. The third-order valence-electron chi connectivity index (χ3n) is 3.50. The molecule has 0 bridgehead atoms. The molecule has 0 spiro atoms. The molecule has 1 aromatic heterocycles. The topological polar surface area (TPSA) is 73.3 Å². The fourth-order valence-corrected chi connectivity index (χ4v) is 4.84. The summed E-state index contributed by atoms with van der Waals surface area (Å²) in [6.07, 6.45) is 1.71. The van der Waals surface area contributed by atoms with Gasteiger partial charge < -0.3 is 4.74 Å². The molecule has 0 radical (unpaired) electrons. The third-order valence-corrected chi connectivity index (χ3v) is 6.63. The minimum atomic E-state index is -3.75. The van der Waals surface area contributed by atoms with Gasteiger partial charge in [-0.2, -0.15) is 0 Å². The average molecular weight is 353 g/mol. The van der Waals surface area contributed by atoms with Crippen LogP contribution in [0.1, 0.15) is 37.5 Å². The highest BCUT2D eigenvalue weighted by Gasteiger charge is 2.35. The molecule has 2 atom stereocenters. The summed E-state index contributed by atoms with van der Waals surface area (Å²) in [4.78, 5) is 15.7. The van der Waals surface area contributed by atoms with Gasteiger partial charge in [0, 0.05) is 6.42 Å². The highest BCUT2D eigenvalue weighted by atomic mass is 32.2. The Morgan fingerprint density at radius 1 is 1.43 bits per heavy atom. The largest absolute Gasteiger partial charge is 0.446 e. The highest BCUT2D eigenvalue weighted by molar-refractivity contribution is 7.92. The summed E-state index contributed by atoms with van der Waals surface area (Å²) < 4.78 is 31.7. The maximum Gasteiger partial charge on any atom is 0.306 e. The minimum Gasteiger partial charge on any atom is -0.446 e. The standard InChI is InChI=1S/C16H19NO4S2/c1-4-14(11-7-8-12-13(9-11)22-10-17-12)23(19,20)16(6-3)21-15(18)5-2/h4,7-10,14,16H,1,5-6H2,2-3H3. The average Bonchev–Trinajstić information content (AvgIpc) is 3.00. The first-order valence-corrected chi connectivity index (χ1v) is 9.80. The van der Waals surface area contributed by atoms with Crippen LogP contribution in [-0.2, 0) is 19.4 Å². The first kappa shape index (κ1) is 17.6. The minimum absolute atomic E-state index is 0.137. The molecule has 124 valence electrons. The number of hydrogen-bond donors (Lipinski definition) is 0. The van der Waals surface area contributed by atoms with Gasteiger partial charge in [0.1, 0.15) is 5.25 Å². The molecular weight excluding hydrogens is 334 g/mol. The van der Waals surface area contributed by atoms with Crippen molar-refractivity contribution in [1.29, 1.82) is 0 Å². The second-order valence-electron chi connectivity index (χ2n) is 5.01. The van der Waals surface area contributed by atoms with Crippen molar-refractivity contribution in [3.05, 3.63) is 41.9 Å². The Hall–Kier alpha value is -1.73. The number of sulfone groups is 1. The predicted molar refractivity (Wildman–Crippen MR) is 91.9 cm³/mol. The molecule has 2 unspecified atom stereocenters. The van der Waals surface area contributed by atoms with E-state index in [1.165, 1.54) is 17.4 Å². The number of nitrogens with zero attached hydrogens (tertiary/aromatic N) is 1. The molecule has 0 aliphatic rings. The molecule has 0 saturated heterocycles. The van der Waals surface area contributed by atoms with Crippen molar-refractivity contribution < 1.29 is 17.9 Å². The van der Waals surface area contributed by atoms with Crippen LogP contribution in [0.2, 0.25) is 0 Å². The van der Waals surface area contributed by atoms with Crippen molar-refractivity contribution in [3.63, 3.8) is 0 Å². The van der Waals surface area contributed by atoms with E-state index in [4.69, 9.17) is 4.74 Å². The molecule has 0 amide bonds. The Morgan fingerprint density at radius 2 is 2.17 bits per heavy atom. The molecule has 0 N–H and O–H groups in total. The maximum atomic E-state index is 12.9. The van der Waals surface area contributed by atoms with Gasteiger partial charge in [0.2, 0.25) is 5.44 Å². The van der Waals surface area contributed by atoms with Crippen LogP contribution in [0.5, 0.6) is 0 Å². The summed E-state index contributed by atoms with van der Waals surface area (Å²) in [7, 11) is -3.75.